The smallest absolute Gasteiger partial charge is 0.408 e. The molecule has 1 N–H and O–H groups in total. The second kappa shape index (κ2) is 4.24. The van der Waals surface area contributed by atoms with Crippen LogP contribution in [-0.4, -0.2) is 35.1 Å². The third-order valence-electron chi connectivity index (χ3n) is 2.15. The molecule has 6 heteroatoms. The molecular weight excluding hydrogens is 278 g/mol. The zero-order chi connectivity index (χ0) is 12.6. The largest absolute Gasteiger partial charge is 0.467 e. The number of halogens is 1. The van der Waals surface area contributed by atoms with E-state index in [1.165, 1.54) is 7.11 Å². The summed E-state index contributed by atoms with van der Waals surface area (Å²) < 4.78 is 9.72. The van der Waals surface area contributed by atoms with E-state index >= 15 is 0 Å². The van der Waals surface area contributed by atoms with Gasteiger partial charge in [-0.2, -0.15) is 0 Å². The SMILES string of the molecule is COC(=O)[C@]1(NC(=O)OC(C)(C)C)C[C@@H]1Br. The zero-order valence-corrected chi connectivity index (χ0v) is 11.4. The average molecular weight is 294 g/mol. The van der Waals surface area contributed by atoms with Crippen LogP contribution in [0.25, 0.3) is 0 Å². The molecule has 1 fully saturated rings. The molecule has 0 bridgehead atoms. The number of ether oxygens (including phenoxy) is 2. The van der Waals surface area contributed by atoms with Gasteiger partial charge in [-0.3, -0.25) is 0 Å². The van der Waals surface area contributed by atoms with Gasteiger partial charge >= 0.3 is 12.1 Å². The Balaban J connectivity index is 2.59. The normalized spacial score (nSPS) is 28.2. The molecule has 0 aliphatic heterocycles. The lowest BCUT2D eigenvalue weighted by Crippen LogP contribution is -2.47. The van der Waals surface area contributed by atoms with E-state index in [-0.39, 0.29) is 4.83 Å². The van der Waals surface area contributed by atoms with Gasteiger partial charge in [-0.1, -0.05) is 15.9 Å². The fraction of sp³-hybridized carbons (Fsp3) is 0.800. The molecule has 0 aromatic carbocycles. The second-order valence-corrected chi connectivity index (χ2v) is 5.87. The molecule has 0 saturated heterocycles. The second-order valence-electron chi connectivity index (χ2n) is 4.76. The summed E-state index contributed by atoms with van der Waals surface area (Å²) >= 11 is 3.28. The lowest BCUT2D eigenvalue weighted by Gasteiger charge is -2.22. The van der Waals surface area contributed by atoms with Crippen LogP contribution >= 0.6 is 15.9 Å². The van der Waals surface area contributed by atoms with E-state index < -0.39 is 23.2 Å². The van der Waals surface area contributed by atoms with Gasteiger partial charge in [0.1, 0.15) is 5.60 Å². The number of hydrogen-bond acceptors (Lipinski definition) is 4. The molecule has 16 heavy (non-hydrogen) atoms. The van der Waals surface area contributed by atoms with Crippen LogP contribution in [0.4, 0.5) is 4.79 Å². The van der Waals surface area contributed by atoms with Gasteiger partial charge in [0.15, 0.2) is 5.54 Å². The fourth-order valence-electron chi connectivity index (χ4n) is 1.28. The number of esters is 1. The van der Waals surface area contributed by atoms with Crippen molar-refractivity contribution in [1.29, 1.82) is 0 Å². The number of rotatable bonds is 2. The van der Waals surface area contributed by atoms with E-state index in [0.717, 1.165) is 0 Å². The van der Waals surface area contributed by atoms with E-state index in [1.807, 2.05) is 0 Å². The first kappa shape index (κ1) is 13.3. The summed E-state index contributed by atoms with van der Waals surface area (Å²) in [5.74, 6) is -0.458. The number of hydrogen-bond donors (Lipinski definition) is 1. The predicted octanol–water partition coefficient (Wildman–Crippen LogP) is 1.59. The Morgan fingerprint density at radius 2 is 1.94 bits per heavy atom. The van der Waals surface area contributed by atoms with Gasteiger partial charge in [0, 0.05) is 0 Å². The lowest BCUT2D eigenvalue weighted by atomic mass is 10.2. The van der Waals surface area contributed by atoms with Gasteiger partial charge in [0.05, 0.1) is 11.9 Å². The third kappa shape index (κ3) is 2.87. The topological polar surface area (TPSA) is 64.6 Å². The number of methoxy groups -OCH3 is 1. The van der Waals surface area contributed by atoms with E-state index in [2.05, 4.69) is 26.0 Å². The van der Waals surface area contributed by atoms with Gasteiger partial charge in [0.2, 0.25) is 0 Å². The maximum atomic E-state index is 11.5. The van der Waals surface area contributed by atoms with Gasteiger partial charge in [0.25, 0.3) is 0 Å². The van der Waals surface area contributed by atoms with Crippen molar-refractivity contribution in [2.45, 2.75) is 43.2 Å². The molecule has 0 radical (unpaired) electrons. The minimum Gasteiger partial charge on any atom is -0.467 e. The first-order valence-electron chi connectivity index (χ1n) is 4.95. The minimum absolute atomic E-state index is 0.0973. The number of nitrogens with one attached hydrogen (secondary N) is 1. The molecule has 0 heterocycles. The van der Waals surface area contributed by atoms with E-state index in [9.17, 15) is 9.59 Å². The highest BCUT2D eigenvalue weighted by molar-refractivity contribution is 9.09. The van der Waals surface area contributed by atoms with Gasteiger partial charge in [-0.15, -0.1) is 0 Å². The van der Waals surface area contributed by atoms with Gasteiger partial charge in [-0.05, 0) is 27.2 Å². The summed E-state index contributed by atoms with van der Waals surface area (Å²) in [6.45, 7) is 5.28. The number of carbonyl (C=O) groups excluding carboxylic acids is 2. The Bertz CT molecular complexity index is 312. The Morgan fingerprint density at radius 3 is 2.25 bits per heavy atom. The third-order valence-corrected chi connectivity index (χ3v) is 3.25. The van der Waals surface area contributed by atoms with Crippen LogP contribution in [0.3, 0.4) is 0 Å². The molecule has 5 nitrogen and oxygen atoms in total. The van der Waals surface area contributed by atoms with Gasteiger partial charge in [-0.25, -0.2) is 9.59 Å². The van der Waals surface area contributed by atoms with Crippen molar-refractivity contribution in [2.75, 3.05) is 7.11 Å². The van der Waals surface area contributed by atoms with Crippen LogP contribution in [0.1, 0.15) is 27.2 Å². The van der Waals surface area contributed by atoms with Crippen molar-refractivity contribution in [3.05, 3.63) is 0 Å². The quantitative estimate of drug-likeness (QED) is 0.620. The highest BCUT2D eigenvalue weighted by Crippen LogP contribution is 2.43. The van der Waals surface area contributed by atoms with Crippen molar-refractivity contribution < 1.29 is 19.1 Å². The lowest BCUT2D eigenvalue weighted by molar-refractivity contribution is -0.144. The van der Waals surface area contributed by atoms with Crippen molar-refractivity contribution in [2.24, 2.45) is 0 Å². The fourth-order valence-corrected chi connectivity index (χ4v) is 2.10. The van der Waals surface area contributed by atoms with Crippen molar-refractivity contribution >= 4 is 28.0 Å². The molecule has 1 rings (SSSR count). The number of carbonyl (C=O) groups is 2. The molecule has 1 saturated carbocycles. The Labute approximate surface area is 103 Å². The van der Waals surface area contributed by atoms with Crippen LogP contribution in [0.2, 0.25) is 0 Å². The monoisotopic (exact) mass is 293 g/mol. The highest BCUT2D eigenvalue weighted by atomic mass is 79.9. The molecule has 92 valence electrons. The molecule has 0 aromatic heterocycles. The first-order valence-corrected chi connectivity index (χ1v) is 5.86. The summed E-state index contributed by atoms with van der Waals surface area (Å²) in [5.41, 5.74) is -1.55. The number of amides is 1. The summed E-state index contributed by atoms with van der Waals surface area (Å²) in [6.07, 6.45) is -0.0984. The van der Waals surface area contributed by atoms with E-state index in [4.69, 9.17) is 4.74 Å². The summed E-state index contributed by atoms with van der Waals surface area (Å²) in [7, 11) is 1.29. The predicted molar refractivity (Wildman–Crippen MR) is 61.4 cm³/mol. The van der Waals surface area contributed by atoms with Crippen molar-refractivity contribution in [3.8, 4) is 0 Å². The Hall–Kier alpha value is -0.780. The molecule has 0 unspecified atom stereocenters. The number of alkyl carbamates (subject to hydrolysis) is 1. The van der Waals surface area contributed by atoms with Crippen molar-refractivity contribution in [1.82, 2.24) is 5.32 Å². The maximum Gasteiger partial charge on any atom is 0.408 e. The highest BCUT2D eigenvalue weighted by Gasteiger charge is 2.62. The van der Waals surface area contributed by atoms with Crippen LogP contribution in [-0.2, 0) is 14.3 Å². The summed E-state index contributed by atoms with van der Waals surface area (Å²) in [5, 5.41) is 2.54. The van der Waals surface area contributed by atoms with Crippen LogP contribution in [0.15, 0.2) is 0 Å². The van der Waals surface area contributed by atoms with Crippen LogP contribution in [0, 0.1) is 0 Å². The Kier molecular flexibility index (Phi) is 3.52. The average Bonchev–Trinajstić information content (AvgIpc) is 2.72. The standard InChI is InChI=1S/C10H16BrNO4/c1-9(2,3)16-8(14)12-10(5-6(10)11)7(13)15-4/h6H,5H2,1-4H3,(H,12,14)/t6-,10-/m0/s1. The molecule has 1 aliphatic carbocycles. The molecule has 0 spiro atoms. The molecule has 2 atom stereocenters. The van der Waals surface area contributed by atoms with Crippen molar-refractivity contribution in [3.63, 3.8) is 0 Å². The van der Waals surface area contributed by atoms with E-state index in [0.29, 0.717) is 6.42 Å². The maximum absolute atomic E-state index is 11.5. The molecule has 0 aromatic rings. The zero-order valence-electron chi connectivity index (χ0n) is 9.80. The number of alkyl halides is 1. The molecule has 1 amide bonds. The van der Waals surface area contributed by atoms with Crippen LogP contribution < -0.4 is 5.32 Å². The molecular formula is C10H16BrNO4. The summed E-state index contributed by atoms with van der Waals surface area (Å²) in [6, 6.07) is 0. The first-order chi connectivity index (χ1) is 7.21. The minimum atomic E-state index is -0.961. The Morgan fingerprint density at radius 1 is 1.44 bits per heavy atom. The van der Waals surface area contributed by atoms with E-state index in [1.54, 1.807) is 20.8 Å². The van der Waals surface area contributed by atoms with Gasteiger partial charge < -0.3 is 14.8 Å². The van der Waals surface area contributed by atoms with Crippen LogP contribution in [0.5, 0.6) is 0 Å². The molecule has 1 aliphatic rings. The summed E-state index contributed by atoms with van der Waals surface area (Å²) in [4.78, 5) is 22.9.